The lowest BCUT2D eigenvalue weighted by atomic mass is 10.1. The second kappa shape index (κ2) is 6.59. The van der Waals surface area contributed by atoms with Crippen LogP contribution in [0.25, 0.3) is 33.5 Å². The minimum atomic E-state index is -0.284. The molecule has 4 aromatic rings. The van der Waals surface area contributed by atoms with Crippen LogP contribution in [0.1, 0.15) is 18.9 Å². The molecule has 0 aliphatic carbocycles. The van der Waals surface area contributed by atoms with Gasteiger partial charge in [-0.15, -0.1) is 0 Å². The van der Waals surface area contributed by atoms with Crippen molar-refractivity contribution < 1.29 is 4.39 Å². The number of nitrogens with one attached hydrogen (secondary N) is 2. The van der Waals surface area contributed by atoms with Crippen molar-refractivity contribution in [2.75, 3.05) is 13.1 Å². The Morgan fingerprint density at radius 3 is 2.78 bits per heavy atom. The summed E-state index contributed by atoms with van der Waals surface area (Å²) in [5.74, 6) is -0.284. The summed E-state index contributed by atoms with van der Waals surface area (Å²) < 4.78 is 16.2. The summed E-state index contributed by atoms with van der Waals surface area (Å²) >= 11 is 0. The van der Waals surface area contributed by atoms with E-state index in [0.717, 1.165) is 48.2 Å². The average molecular weight is 362 g/mol. The first kappa shape index (κ1) is 16.1. The van der Waals surface area contributed by atoms with E-state index in [9.17, 15) is 4.39 Å². The summed E-state index contributed by atoms with van der Waals surface area (Å²) in [4.78, 5) is 4.68. The van der Waals surface area contributed by atoms with E-state index in [4.69, 9.17) is 0 Å². The van der Waals surface area contributed by atoms with E-state index in [1.165, 1.54) is 6.07 Å². The largest absolute Gasteiger partial charge is 0.317 e. The average Bonchev–Trinajstić information content (AvgIpc) is 3.35. The fourth-order valence-electron chi connectivity index (χ4n) is 3.65. The Labute approximate surface area is 155 Å². The summed E-state index contributed by atoms with van der Waals surface area (Å²) in [5.41, 5.74) is 4.27. The second-order valence-corrected chi connectivity index (χ2v) is 6.83. The lowest BCUT2D eigenvalue weighted by Gasteiger charge is -2.22. The van der Waals surface area contributed by atoms with Gasteiger partial charge in [-0.25, -0.2) is 9.37 Å². The Kier molecular flexibility index (Phi) is 3.94. The molecule has 7 heteroatoms. The smallest absolute Gasteiger partial charge is 0.132 e. The Morgan fingerprint density at radius 2 is 1.93 bits per heavy atom. The monoisotopic (exact) mass is 362 g/mol. The molecule has 136 valence electrons. The van der Waals surface area contributed by atoms with Gasteiger partial charge in [0, 0.05) is 17.3 Å². The molecular weight excluding hydrogens is 343 g/mol. The minimum Gasteiger partial charge on any atom is -0.317 e. The summed E-state index contributed by atoms with van der Waals surface area (Å²) in [6.45, 7) is 2.03. The van der Waals surface area contributed by atoms with E-state index in [-0.39, 0.29) is 5.82 Å². The van der Waals surface area contributed by atoms with Crippen molar-refractivity contribution in [1.82, 2.24) is 30.3 Å². The molecule has 3 aromatic heterocycles. The zero-order valence-electron chi connectivity index (χ0n) is 14.7. The molecule has 1 aromatic carbocycles. The maximum absolute atomic E-state index is 14.2. The normalized spacial score (nSPS) is 15.4. The molecule has 0 radical (unpaired) electrons. The van der Waals surface area contributed by atoms with Crippen molar-refractivity contribution in [3.63, 3.8) is 0 Å². The molecule has 0 atom stereocenters. The topological polar surface area (TPSA) is 71.4 Å². The van der Waals surface area contributed by atoms with Gasteiger partial charge in [-0.2, -0.15) is 10.2 Å². The van der Waals surface area contributed by atoms with Gasteiger partial charge in [0.1, 0.15) is 17.0 Å². The number of benzene rings is 1. The third-order valence-corrected chi connectivity index (χ3v) is 5.12. The van der Waals surface area contributed by atoms with Gasteiger partial charge in [0.05, 0.1) is 23.4 Å². The third-order valence-electron chi connectivity index (χ3n) is 5.12. The molecule has 1 aliphatic rings. The van der Waals surface area contributed by atoms with Crippen molar-refractivity contribution in [2.45, 2.75) is 18.9 Å². The van der Waals surface area contributed by atoms with Crippen LogP contribution in [-0.2, 0) is 0 Å². The van der Waals surface area contributed by atoms with Crippen molar-refractivity contribution in [2.24, 2.45) is 0 Å². The van der Waals surface area contributed by atoms with Crippen LogP contribution in [0.4, 0.5) is 4.39 Å². The van der Waals surface area contributed by atoms with Gasteiger partial charge in [0.15, 0.2) is 0 Å². The number of pyridine rings is 1. The lowest BCUT2D eigenvalue weighted by molar-refractivity contribution is 0.343. The van der Waals surface area contributed by atoms with E-state index in [0.29, 0.717) is 17.3 Å². The van der Waals surface area contributed by atoms with Crippen LogP contribution in [-0.4, -0.2) is 38.1 Å². The van der Waals surface area contributed by atoms with Crippen LogP contribution >= 0.6 is 0 Å². The molecule has 1 fully saturated rings. The van der Waals surface area contributed by atoms with Gasteiger partial charge in [0.2, 0.25) is 0 Å². The molecule has 1 saturated heterocycles. The van der Waals surface area contributed by atoms with Crippen LogP contribution in [0, 0.1) is 5.82 Å². The maximum atomic E-state index is 14.2. The van der Waals surface area contributed by atoms with Gasteiger partial charge in [-0.05, 0) is 50.2 Å². The highest BCUT2D eigenvalue weighted by atomic mass is 19.1. The third kappa shape index (κ3) is 2.90. The summed E-state index contributed by atoms with van der Waals surface area (Å²) in [6, 6.07) is 10.8. The maximum Gasteiger partial charge on any atom is 0.132 e. The first-order chi connectivity index (χ1) is 13.3. The van der Waals surface area contributed by atoms with Crippen LogP contribution in [0.15, 0.2) is 48.8 Å². The first-order valence-corrected chi connectivity index (χ1v) is 9.15. The first-order valence-electron chi connectivity index (χ1n) is 9.15. The number of hydrogen-bond acceptors (Lipinski definition) is 4. The number of nitrogens with zero attached hydrogens (tertiary/aromatic N) is 4. The SMILES string of the molecule is Fc1ccccc1-c1ccc2[nH]nc(-c3cnn(C4CCNCC4)c3)c2n1. The predicted octanol–water partition coefficient (Wildman–Crippen LogP) is 3.55. The van der Waals surface area contributed by atoms with Crippen LogP contribution in [0.5, 0.6) is 0 Å². The summed E-state index contributed by atoms with van der Waals surface area (Å²) in [7, 11) is 0. The Balaban J connectivity index is 1.55. The number of aromatic amines is 1. The van der Waals surface area contributed by atoms with Crippen LogP contribution < -0.4 is 5.32 Å². The molecule has 0 spiro atoms. The number of halogens is 1. The van der Waals surface area contributed by atoms with Gasteiger partial charge < -0.3 is 5.32 Å². The minimum absolute atomic E-state index is 0.284. The number of piperidine rings is 1. The standard InChI is InChI=1S/C20H19FN6/c21-16-4-2-1-3-15(16)17-5-6-18-20(24-17)19(26-25-18)13-11-23-27(12-13)14-7-9-22-10-8-14/h1-6,11-12,14,22H,7-10H2,(H,25,26). The lowest BCUT2D eigenvalue weighted by Crippen LogP contribution is -2.29. The summed E-state index contributed by atoms with van der Waals surface area (Å²) in [6.07, 6.45) is 5.99. The van der Waals surface area contributed by atoms with Crippen molar-refractivity contribution >= 4 is 11.0 Å². The highest BCUT2D eigenvalue weighted by molar-refractivity contribution is 5.90. The number of hydrogen-bond donors (Lipinski definition) is 2. The molecule has 0 bridgehead atoms. The van der Waals surface area contributed by atoms with Crippen molar-refractivity contribution in [3.05, 3.63) is 54.6 Å². The van der Waals surface area contributed by atoms with Crippen molar-refractivity contribution in [1.29, 1.82) is 0 Å². The van der Waals surface area contributed by atoms with E-state index >= 15 is 0 Å². The Bertz CT molecular complexity index is 1090. The Hall–Kier alpha value is -3.06. The Morgan fingerprint density at radius 1 is 1.07 bits per heavy atom. The molecule has 0 amide bonds. The zero-order chi connectivity index (χ0) is 18.2. The molecule has 1 aliphatic heterocycles. The molecule has 27 heavy (non-hydrogen) atoms. The molecule has 2 N–H and O–H groups in total. The molecular formula is C20H19FN6. The number of rotatable bonds is 3. The fourth-order valence-corrected chi connectivity index (χ4v) is 3.65. The van der Waals surface area contributed by atoms with Gasteiger partial charge in [-0.1, -0.05) is 12.1 Å². The van der Waals surface area contributed by atoms with Gasteiger partial charge >= 0.3 is 0 Å². The van der Waals surface area contributed by atoms with E-state index in [1.54, 1.807) is 18.2 Å². The van der Waals surface area contributed by atoms with Gasteiger partial charge in [0.25, 0.3) is 0 Å². The molecule has 0 unspecified atom stereocenters. The van der Waals surface area contributed by atoms with E-state index in [2.05, 4.69) is 25.6 Å². The van der Waals surface area contributed by atoms with Gasteiger partial charge in [-0.3, -0.25) is 9.78 Å². The number of H-pyrrole nitrogens is 1. The second-order valence-electron chi connectivity index (χ2n) is 6.83. The van der Waals surface area contributed by atoms with E-state index < -0.39 is 0 Å². The van der Waals surface area contributed by atoms with Crippen molar-refractivity contribution in [3.8, 4) is 22.5 Å². The quantitative estimate of drug-likeness (QED) is 0.585. The number of fused-ring (bicyclic) bond motifs is 1. The highest BCUT2D eigenvalue weighted by Crippen LogP contribution is 2.29. The molecule has 0 saturated carbocycles. The number of aromatic nitrogens is 5. The van der Waals surface area contributed by atoms with Crippen LogP contribution in [0.2, 0.25) is 0 Å². The predicted molar refractivity (Wildman–Crippen MR) is 102 cm³/mol. The molecule has 4 heterocycles. The zero-order valence-corrected chi connectivity index (χ0v) is 14.7. The highest BCUT2D eigenvalue weighted by Gasteiger charge is 2.18. The molecule has 5 rings (SSSR count). The van der Waals surface area contributed by atoms with Crippen LogP contribution in [0.3, 0.4) is 0 Å². The fraction of sp³-hybridized carbons (Fsp3) is 0.250. The van der Waals surface area contributed by atoms with E-state index in [1.807, 2.05) is 29.2 Å². The summed E-state index contributed by atoms with van der Waals surface area (Å²) in [5, 5.41) is 15.4. The molecule has 6 nitrogen and oxygen atoms in total.